The molecule has 1 unspecified atom stereocenters. The van der Waals surface area contributed by atoms with Crippen molar-refractivity contribution in [3.05, 3.63) is 47.5 Å². The molecule has 0 fully saturated rings. The largest absolute Gasteiger partial charge is 0.504 e. The molecule has 0 aliphatic heterocycles. The molecule has 0 amide bonds. The number of nitrogens with zero attached hydrogens (tertiary/aromatic N) is 2. The Kier molecular flexibility index (Phi) is 9.77. The van der Waals surface area contributed by atoms with Crippen LogP contribution in [0.5, 0.6) is 23.0 Å². The van der Waals surface area contributed by atoms with Gasteiger partial charge in [-0.3, -0.25) is 4.55 Å². The van der Waals surface area contributed by atoms with Crippen LogP contribution in [0, 0.1) is 17.2 Å². The van der Waals surface area contributed by atoms with E-state index in [9.17, 15) is 18.8 Å². The lowest BCUT2D eigenvalue weighted by Gasteiger charge is -2.32. The molecule has 0 bridgehead atoms. The van der Waals surface area contributed by atoms with Crippen molar-refractivity contribution in [3.8, 4) is 29.1 Å². The molecule has 2 rings (SSSR count). The van der Waals surface area contributed by atoms with Crippen LogP contribution in [0.1, 0.15) is 37.8 Å². The summed E-state index contributed by atoms with van der Waals surface area (Å²) >= 11 is 0. The van der Waals surface area contributed by atoms with Crippen LogP contribution in [-0.2, 0) is 22.2 Å². The molecule has 35 heavy (non-hydrogen) atoms. The highest BCUT2D eigenvalue weighted by atomic mass is 32.3. The van der Waals surface area contributed by atoms with Gasteiger partial charge in [0.15, 0.2) is 23.0 Å². The number of ether oxygens (including phenoxy) is 2. The monoisotopic (exact) mass is 506 g/mol. The quantitative estimate of drug-likeness (QED) is 0.388. The fourth-order valence-corrected chi connectivity index (χ4v) is 4.44. The normalized spacial score (nSPS) is 13.3. The Hall–Kier alpha value is -3.00. The second-order valence-corrected chi connectivity index (χ2v) is 9.80. The van der Waals surface area contributed by atoms with Gasteiger partial charge in [-0.1, -0.05) is 26.0 Å². The zero-order chi connectivity index (χ0) is 26.2. The maximum absolute atomic E-state index is 11.1. The van der Waals surface area contributed by atoms with Gasteiger partial charge in [0.2, 0.25) is 0 Å². The fraction of sp³-hybridized carbons (Fsp3) is 0.480. The van der Waals surface area contributed by atoms with E-state index in [2.05, 4.69) is 15.2 Å². The smallest absolute Gasteiger partial charge is 0.446 e. The molecule has 2 aromatic carbocycles. The van der Waals surface area contributed by atoms with Crippen LogP contribution in [0.4, 0.5) is 0 Å². The minimum absolute atomic E-state index is 0.104. The van der Waals surface area contributed by atoms with E-state index in [1.54, 1.807) is 20.3 Å². The third kappa shape index (κ3) is 7.49. The molecule has 0 aromatic heterocycles. The number of hydrogen-bond donors (Lipinski definition) is 2. The van der Waals surface area contributed by atoms with E-state index >= 15 is 0 Å². The molecule has 0 spiro atoms. The van der Waals surface area contributed by atoms with Crippen LogP contribution in [0.3, 0.4) is 0 Å². The minimum atomic E-state index is -4.82. The Bertz CT molecular complexity index is 1140. The number of rotatable bonds is 13. The highest BCUT2D eigenvalue weighted by Gasteiger charge is 2.36. The molecule has 0 heterocycles. The van der Waals surface area contributed by atoms with Gasteiger partial charge in [0, 0.05) is 6.54 Å². The average Bonchev–Trinajstić information content (AvgIpc) is 2.80. The number of likely N-dealkylation sites (N-methyl/N-ethyl adjacent to an activating group) is 1. The van der Waals surface area contributed by atoms with Crippen LogP contribution in [0.2, 0.25) is 0 Å². The molecule has 0 saturated heterocycles. The topological polar surface area (TPSA) is 129 Å². The maximum atomic E-state index is 11.1. The summed E-state index contributed by atoms with van der Waals surface area (Å²) in [7, 11) is 0.406. The van der Waals surface area contributed by atoms with E-state index in [1.165, 1.54) is 12.1 Å². The standard InChI is InChI=1S/C25H34N2O7S/c1-18(2)25(17-26,20-8-9-21(28)23(16-20)34-35(29,30)31)12-6-13-27(3)14-11-19-7-10-22(32-4)24(15-19)33-5/h7-10,15-16,18,28H,6,11-14H2,1-5H3,(H,29,30,31). The predicted molar refractivity (Wildman–Crippen MR) is 132 cm³/mol. The summed E-state index contributed by atoms with van der Waals surface area (Å²) in [4.78, 5) is 2.18. The van der Waals surface area contributed by atoms with Crippen molar-refractivity contribution < 1.29 is 31.7 Å². The molecular weight excluding hydrogens is 472 g/mol. The van der Waals surface area contributed by atoms with Crippen LogP contribution in [-0.4, -0.2) is 57.3 Å². The number of phenolic OH excluding ortho intramolecular Hbond substituents is 1. The molecule has 2 aromatic rings. The first-order valence-corrected chi connectivity index (χ1v) is 12.6. The molecule has 0 aliphatic rings. The summed E-state index contributed by atoms with van der Waals surface area (Å²) in [6.45, 7) is 5.39. The minimum Gasteiger partial charge on any atom is -0.504 e. The fourth-order valence-electron chi connectivity index (χ4n) is 4.08. The van der Waals surface area contributed by atoms with Gasteiger partial charge in [-0.05, 0) is 74.2 Å². The molecule has 192 valence electrons. The second kappa shape index (κ2) is 12.1. The Morgan fingerprint density at radius 2 is 1.74 bits per heavy atom. The third-order valence-corrected chi connectivity index (χ3v) is 6.59. The van der Waals surface area contributed by atoms with Gasteiger partial charge in [-0.25, -0.2) is 0 Å². The van der Waals surface area contributed by atoms with Crippen molar-refractivity contribution in [1.29, 1.82) is 5.26 Å². The predicted octanol–water partition coefficient (Wildman–Crippen LogP) is 3.96. The molecule has 0 radical (unpaired) electrons. The van der Waals surface area contributed by atoms with E-state index in [1.807, 2.05) is 39.1 Å². The van der Waals surface area contributed by atoms with Gasteiger partial charge < -0.3 is 23.7 Å². The lowest BCUT2D eigenvalue weighted by molar-refractivity contribution is 0.293. The Morgan fingerprint density at radius 3 is 2.31 bits per heavy atom. The van der Waals surface area contributed by atoms with Crippen LogP contribution in [0.15, 0.2) is 36.4 Å². The summed E-state index contributed by atoms with van der Waals surface area (Å²) in [5, 5.41) is 20.1. The summed E-state index contributed by atoms with van der Waals surface area (Å²) < 4.78 is 46.4. The molecule has 0 saturated carbocycles. The summed E-state index contributed by atoms with van der Waals surface area (Å²) in [6, 6.07) is 12.4. The van der Waals surface area contributed by atoms with Crippen molar-refractivity contribution in [1.82, 2.24) is 4.90 Å². The number of benzene rings is 2. The Balaban J connectivity index is 2.08. The van der Waals surface area contributed by atoms with Crippen LogP contribution >= 0.6 is 0 Å². The lowest BCUT2D eigenvalue weighted by atomic mass is 9.69. The van der Waals surface area contributed by atoms with Gasteiger partial charge in [0.05, 0.1) is 25.7 Å². The third-order valence-electron chi connectivity index (χ3n) is 6.20. The van der Waals surface area contributed by atoms with E-state index in [0.717, 1.165) is 25.1 Å². The number of nitriles is 1. The van der Waals surface area contributed by atoms with Crippen LogP contribution in [0.25, 0.3) is 0 Å². The number of hydrogen-bond acceptors (Lipinski definition) is 8. The first-order chi connectivity index (χ1) is 16.5. The first-order valence-electron chi connectivity index (χ1n) is 11.3. The Labute approximate surface area is 207 Å². The van der Waals surface area contributed by atoms with Gasteiger partial charge in [-0.15, -0.1) is 0 Å². The highest BCUT2D eigenvalue weighted by Crippen LogP contribution is 2.40. The van der Waals surface area contributed by atoms with Crippen molar-refractivity contribution >= 4 is 10.4 Å². The molecular formula is C25H34N2O7S. The molecule has 10 heteroatoms. The number of phenols is 1. The maximum Gasteiger partial charge on any atom is 0.446 e. The van der Waals surface area contributed by atoms with E-state index < -0.39 is 27.3 Å². The summed E-state index contributed by atoms with van der Waals surface area (Å²) in [5.41, 5.74) is 0.702. The van der Waals surface area contributed by atoms with Gasteiger partial charge in [0.25, 0.3) is 0 Å². The summed E-state index contributed by atoms with van der Waals surface area (Å²) in [5.74, 6) is 0.405. The first kappa shape index (κ1) is 28.2. The van der Waals surface area contributed by atoms with Crippen molar-refractivity contribution in [2.75, 3.05) is 34.4 Å². The number of methoxy groups -OCH3 is 2. The van der Waals surface area contributed by atoms with Crippen LogP contribution < -0.4 is 13.7 Å². The second-order valence-electron chi connectivity index (χ2n) is 8.78. The van der Waals surface area contributed by atoms with Gasteiger partial charge >= 0.3 is 10.4 Å². The van der Waals surface area contributed by atoms with Crippen molar-refractivity contribution in [2.45, 2.75) is 38.5 Å². The molecule has 1 atom stereocenters. The highest BCUT2D eigenvalue weighted by molar-refractivity contribution is 7.81. The zero-order valence-corrected chi connectivity index (χ0v) is 21.6. The van der Waals surface area contributed by atoms with E-state index in [4.69, 9.17) is 14.0 Å². The number of aromatic hydroxyl groups is 1. The van der Waals surface area contributed by atoms with Gasteiger partial charge in [-0.2, -0.15) is 13.7 Å². The average molecular weight is 507 g/mol. The Morgan fingerprint density at radius 1 is 1.06 bits per heavy atom. The summed E-state index contributed by atoms with van der Waals surface area (Å²) in [6.07, 6.45) is 2.04. The van der Waals surface area contributed by atoms with E-state index in [-0.39, 0.29) is 5.92 Å². The van der Waals surface area contributed by atoms with Crippen molar-refractivity contribution in [2.24, 2.45) is 5.92 Å². The van der Waals surface area contributed by atoms with E-state index in [0.29, 0.717) is 29.9 Å². The molecule has 2 N–H and O–H groups in total. The van der Waals surface area contributed by atoms with Crippen molar-refractivity contribution in [3.63, 3.8) is 0 Å². The molecule has 9 nitrogen and oxygen atoms in total. The zero-order valence-electron chi connectivity index (χ0n) is 20.8. The lowest BCUT2D eigenvalue weighted by Crippen LogP contribution is -2.32. The van der Waals surface area contributed by atoms with Gasteiger partial charge in [0.1, 0.15) is 0 Å². The molecule has 0 aliphatic carbocycles. The SMILES string of the molecule is COc1ccc(CCN(C)CCCC(C#N)(c2ccc(O)c(OS(=O)(=O)O)c2)C(C)C)cc1OC.